The van der Waals surface area contributed by atoms with Crippen molar-refractivity contribution in [1.82, 2.24) is 0 Å². The lowest BCUT2D eigenvalue weighted by Gasteiger charge is -2.11. The number of anilines is 1. The quantitative estimate of drug-likeness (QED) is 0.894. The van der Waals surface area contributed by atoms with Crippen LogP contribution in [0.15, 0.2) is 36.4 Å². The van der Waals surface area contributed by atoms with Gasteiger partial charge in [-0.1, -0.05) is 18.2 Å². The first-order valence-electron chi connectivity index (χ1n) is 6.24. The molecule has 2 aromatic rings. The van der Waals surface area contributed by atoms with Crippen LogP contribution in [0, 0.1) is 19.7 Å². The average molecular weight is 259 g/mol. The molecule has 1 N–H and O–H groups in total. The number of aryl methyl sites for hydroxylation is 2. The van der Waals surface area contributed by atoms with Crippen molar-refractivity contribution in [3.63, 3.8) is 0 Å². The summed E-state index contributed by atoms with van der Waals surface area (Å²) in [7, 11) is 1.47. The smallest absolute Gasteiger partial charge is 0.170 e. The molecule has 100 valence electrons. The fourth-order valence-electron chi connectivity index (χ4n) is 1.90. The molecule has 0 atom stereocenters. The Morgan fingerprint density at radius 2 is 1.89 bits per heavy atom. The third-order valence-electron chi connectivity index (χ3n) is 3.25. The predicted molar refractivity (Wildman–Crippen MR) is 76.2 cm³/mol. The van der Waals surface area contributed by atoms with E-state index in [1.54, 1.807) is 18.2 Å². The first kappa shape index (κ1) is 13.4. The lowest BCUT2D eigenvalue weighted by molar-refractivity contribution is 0.384. The number of hydrogen-bond acceptors (Lipinski definition) is 2. The molecule has 0 aliphatic carbocycles. The number of nitrogens with one attached hydrogen (secondary N) is 1. The summed E-state index contributed by atoms with van der Waals surface area (Å²) in [5.41, 5.74) is 4.05. The molecule has 2 nitrogen and oxygen atoms in total. The molecule has 0 bridgehead atoms. The van der Waals surface area contributed by atoms with Crippen LogP contribution < -0.4 is 10.1 Å². The molecule has 0 amide bonds. The van der Waals surface area contributed by atoms with Gasteiger partial charge in [0.25, 0.3) is 0 Å². The minimum Gasteiger partial charge on any atom is -0.494 e. The van der Waals surface area contributed by atoms with Crippen molar-refractivity contribution in [2.24, 2.45) is 0 Å². The van der Waals surface area contributed by atoms with Gasteiger partial charge >= 0.3 is 0 Å². The Morgan fingerprint density at radius 1 is 1.11 bits per heavy atom. The van der Waals surface area contributed by atoms with Crippen LogP contribution in [0.25, 0.3) is 0 Å². The fraction of sp³-hybridized carbons (Fsp3) is 0.250. The van der Waals surface area contributed by atoms with Gasteiger partial charge in [0.05, 0.1) is 7.11 Å². The van der Waals surface area contributed by atoms with Crippen molar-refractivity contribution in [2.45, 2.75) is 20.4 Å². The molecular weight excluding hydrogens is 241 g/mol. The largest absolute Gasteiger partial charge is 0.494 e. The highest BCUT2D eigenvalue weighted by Gasteiger charge is 2.07. The van der Waals surface area contributed by atoms with E-state index in [-0.39, 0.29) is 11.6 Å². The van der Waals surface area contributed by atoms with Gasteiger partial charge in [0.1, 0.15) is 0 Å². The molecular formula is C16H18FNO. The van der Waals surface area contributed by atoms with Gasteiger partial charge in [-0.15, -0.1) is 0 Å². The molecule has 0 heterocycles. The molecule has 2 rings (SSSR count). The molecule has 3 heteroatoms. The second kappa shape index (κ2) is 5.74. The highest BCUT2D eigenvalue weighted by Crippen LogP contribution is 2.21. The monoisotopic (exact) mass is 259 g/mol. The molecule has 0 saturated heterocycles. The Balaban J connectivity index is 2.12. The SMILES string of the molecule is COc1cccc(CNc2ccc(C)c(C)c2)c1F. The summed E-state index contributed by atoms with van der Waals surface area (Å²) in [5, 5.41) is 3.23. The van der Waals surface area contributed by atoms with E-state index in [2.05, 4.69) is 31.3 Å². The van der Waals surface area contributed by atoms with E-state index in [9.17, 15) is 4.39 Å². The van der Waals surface area contributed by atoms with E-state index < -0.39 is 0 Å². The van der Waals surface area contributed by atoms with Crippen LogP contribution >= 0.6 is 0 Å². The Morgan fingerprint density at radius 3 is 2.58 bits per heavy atom. The second-order valence-corrected chi connectivity index (χ2v) is 4.59. The molecule has 0 aliphatic rings. The van der Waals surface area contributed by atoms with Crippen LogP contribution in [0.1, 0.15) is 16.7 Å². The van der Waals surface area contributed by atoms with Crippen molar-refractivity contribution in [3.05, 3.63) is 58.9 Å². The van der Waals surface area contributed by atoms with E-state index in [0.717, 1.165) is 5.69 Å². The van der Waals surface area contributed by atoms with Gasteiger partial charge in [-0.05, 0) is 43.2 Å². The van der Waals surface area contributed by atoms with Crippen LogP contribution in [0.2, 0.25) is 0 Å². The minimum absolute atomic E-state index is 0.277. The van der Waals surface area contributed by atoms with Gasteiger partial charge in [-0.25, -0.2) is 4.39 Å². The zero-order valence-corrected chi connectivity index (χ0v) is 11.5. The van der Waals surface area contributed by atoms with Crippen molar-refractivity contribution in [1.29, 1.82) is 0 Å². The third-order valence-corrected chi connectivity index (χ3v) is 3.25. The first-order chi connectivity index (χ1) is 9.11. The van der Waals surface area contributed by atoms with Gasteiger partial charge < -0.3 is 10.1 Å². The lowest BCUT2D eigenvalue weighted by atomic mass is 10.1. The summed E-state index contributed by atoms with van der Waals surface area (Å²) in [6, 6.07) is 11.3. The lowest BCUT2D eigenvalue weighted by Crippen LogP contribution is -2.03. The summed E-state index contributed by atoms with van der Waals surface area (Å²) < 4.78 is 18.9. The topological polar surface area (TPSA) is 21.3 Å². The van der Waals surface area contributed by atoms with Gasteiger partial charge in [-0.3, -0.25) is 0 Å². The van der Waals surface area contributed by atoms with E-state index >= 15 is 0 Å². The van der Waals surface area contributed by atoms with Crippen LogP contribution in [0.5, 0.6) is 5.75 Å². The normalized spacial score (nSPS) is 10.3. The van der Waals surface area contributed by atoms with E-state index in [0.29, 0.717) is 12.1 Å². The van der Waals surface area contributed by atoms with Crippen LogP contribution in [0.3, 0.4) is 0 Å². The molecule has 0 unspecified atom stereocenters. The van der Waals surface area contributed by atoms with Gasteiger partial charge in [0.15, 0.2) is 11.6 Å². The Hall–Kier alpha value is -2.03. The van der Waals surface area contributed by atoms with Crippen LogP contribution in [-0.4, -0.2) is 7.11 Å². The van der Waals surface area contributed by atoms with E-state index in [1.807, 2.05) is 6.07 Å². The number of methoxy groups -OCH3 is 1. The average Bonchev–Trinajstić information content (AvgIpc) is 2.41. The minimum atomic E-state index is -0.304. The fourth-order valence-corrected chi connectivity index (χ4v) is 1.90. The van der Waals surface area contributed by atoms with Crippen LogP contribution in [0.4, 0.5) is 10.1 Å². The molecule has 2 aromatic carbocycles. The molecule has 0 saturated carbocycles. The van der Waals surface area contributed by atoms with Crippen molar-refractivity contribution in [2.75, 3.05) is 12.4 Å². The Labute approximate surface area is 113 Å². The van der Waals surface area contributed by atoms with E-state index in [1.165, 1.54) is 18.2 Å². The third kappa shape index (κ3) is 3.05. The Bertz CT molecular complexity index is 581. The Kier molecular flexibility index (Phi) is 4.05. The number of benzene rings is 2. The molecule has 0 spiro atoms. The van der Waals surface area contributed by atoms with Crippen molar-refractivity contribution in [3.8, 4) is 5.75 Å². The van der Waals surface area contributed by atoms with Gasteiger partial charge in [-0.2, -0.15) is 0 Å². The molecule has 0 fully saturated rings. The number of rotatable bonds is 4. The van der Waals surface area contributed by atoms with Crippen molar-refractivity contribution >= 4 is 5.69 Å². The zero-order chi connectivity index (χ0) is 13.8. The van der Waals surface area contributed by atoms with Gasteiger partial charge in [0, 0.05) is 17.8 Å². The number of ether oxygens (including phenoxy) is 1. The number of hydrogen-bond donors (Lipinski definition) is 1. The molecule has 0 radical (unpaired) electrons. The second-order valence-electron chi connectivity index (χ2n) is 4.59. The van der Waals surface area contributed by atoms with Gasteiger partial charge in [0.2, 0.25) is 0 Å². The molecule has 19 heavy (non-hydrogen) atoms. The summed E-state index contributed by atoms with van der Waals surface area (Å²) in [6.45, 7) is 4.57. The standard InChI is InChI=1S/C16H18FNO/c1-11-7-8-14(9-12(11)2)18-10-13-5-4-6-15(19-3)16(13)17/h4-9,18H,10H2,1-3H3. The summed E-state index contributed by atoms with van der Waals surface area (Å²) in [5.74, 6) is -0.0271. The summed E-state index contributed by atoms with van der Waals surface area (Å²) >= 11 is 0. The molecule has 0 aliphatic heterocycles. The summed E-state index contributed by atoms with van der Waals surface area (Å²) in [6.07, 6.45) is 0. The number of halogens is 1. The maximum absolute atomic E-state index is 14.0. The maximum atomic E-state index is 14.0. The van der Waals surface area contributed by atoms with E-state index in [4.69, 9.17) is 4.74 Å². The van der Waals surface area contributed by atoms with Crippen LogP contribution in [-0.2, 0) is 6.54 Å². The highest BCUT2D eigenvalue weighted by molar-refractivity contribution is 5.48. The predicted octanol–water partition coefficient (Wildman–Crippen LogP) is 4.06. The highest BCUT2D eigenvalue weighted by atomic mass is 19.1. The maximum Gasteiger partial charge on any atom is 0.170 e. The van der Waals surface area contributed by atoms with Crippen molar-refractivity contribution < 1.29 is 9.13 Å². The molecule has 0 aromatic heterocycles. The first-order valence-corrected chi connectivity index (χ1v) is 6.24. The summed E-state index contributed by atoms with van der Waals surface area (Å²) in [4.78, 5) is 0. The zero-order valence-electron chi connectivity index (χ0n) is 11.5.